The van der Waals surface area contributed by atoms with Crippen LogP contribution in [0.25, 0.3) is 10.4 Å². The summed E-state index contributed by atoms with van der Waals surface area (Å²) < 4.78 is 13.0. The van der Waals surface area contributed by atoms with Gasteiger partial charge in [0.05, 0.1) is 6.04 Å². The van der Waals surface area contributed by atoms with Gasteiger partial charge in [-0.3, -0.25) is 0 Å². The van der Waals surface area contributed by atoms with Crippen molar-refractivity contribution in [3.63, 3.8) is 0 Å². The first-order chi connectivity index (χ1) is 6.15. The molecule has 4 heteroatoms. The Hall–Kier alpha value is -1.54. The molecule has 0 saturated carbocycles. The van der Waals surface area contributed by atoms with Crippen molar-refractivity contribution in [2.24, 2.45) is 5.11 Å². The number of nitrogens with zero attached hydrogens (tertiary/aromatic N) is 3. The molecule has 1 atom stereocenters. The molecule has 3 nitrogen and oxygen atoms in total. The lowest BCUT2D eigenvalue weighted by Gasteiger charge is -2.05. The van der Waals surface area contributed by atoms with Crippen LogP contribution in [0.5, 0.6) is 0 Å². The summed E-state index contributed by atoms with van der Waals surface area (Å²) in [6, 6.07) is 4.51. The Bertz CT molecular complexity index is 356. The maximum Gasteiger partial charge on any atom is 0.126 e. The molecule has 0 bridgehead atoms. The largest absolute Gasteiger partial charge is 0.207 e. The Kier molecular flexibility index (Phi) is 2.88. The van der Waals surface area contributed by atoms with Crippen molar-refractivity contribution in [1.82, 2.24) is 0 Å². The van der Waals surface area contributed by atoms with Gasteiger partial charge in [-0.2, -0.15) is 0 Å². The molecule has 0 aromatic heterocycles. The van der Waals surface area contributed by atoms with Crippen LogP contribution in [0.3, 0.4) is 0 Å². The summed E-state index contributed by atoms with van der Waals surface area (Å²) in [4.78, 5) is 2.67. The predicted molar refractivity (Wildman–Crippen MR) is 48.7 cm³/mol. The normalized spacial score (nSPS) is 11.9. The zero-order chi connectivity index (χ0) is 9.84. The molecule has 0 aliphatic heterocycles. The van der Waals surface area contributed by atoms with Crippen LogP contribution in [0.2, 0.25) is 0 Å². The van der Waals surface area contributed by atoms with E-state index in [1.807, 2.05) is 0 Å². The average molecular weight is 179 g/mol. The third-order valence-corrected chi connectivity index (χ3v) is 1.90. The van der Waals surface area contributed by atoms with E-state index in [9.17, 15) is 4.39 Å². The Morgan fingerprint density at radius 1 is 1.54 bits per heavy atom. The van der Waals surface area contributed by atoms with Crippen LogP contribution in [0.4, 0.5) is 4.39 Å². The van der Waals surface area contributed by atoms with Gasteiger partial charge in [-0.05, 0) is 29.6 Å². The molecule has 13 heavy (non-hydrogen) atoms. The summed E-state index contributed by atoms with van der Waals surface area (Å²) in [6.07, 6.45) is 0. The zero-order valence-corrected chi connectivity index (χ0v) is 7.53. The highest BCUT2D eigenvalue weighted by molar-refractivity contribution is 5.25. The van der Waals surface area contributed by atoms with Crippen molar-refractivity contribution in [2.75, 3.05) is 0 Å². The van der Waals surface area contributed by atoms with E-state index in [1.54, 1.807) is 26.0 Å². The fourth-order valence-corrected chi connectivity index (χ4v) is 1.01. The maximum atomic E-state index is 13.0. The molecular weight excluding hydrogens is 169 g/mol. The number of halogens is 1. The highest BCUT2D eigenvalue weighted by atomic mass is 19.1. The molecule has 0 radical (unpaired) electrons. The van der Waals surface area contributed by atoms with Gasteiger partial charge in [-0.1, -0.05) is 24.2 Å². The van der Waals surface area contributed by atoms with E-state index in [1.165, 1.54) is 6.07 Å². The molecule has 0 aliphatic rings. The Morgan fingerprint density at radius 2 is 2.23 bits per heavy atom. The number of hydrogen-bond acceptors (Lipinski definition) is 1. The lowest BCUT2D eigenvalue weighted by Crippen LogP contribution is -1.91. The molecule has 0 saturated heterocycles. The molecular formula is C9H10FN3. The SMILES string of the molecule is Cc1ccc([C@@H](C)N=[N+]=[N-])cc1F. The third-order valence-electron chi connectivity index (χ3n) is 1.90. The molecule has 0 unspecified atom stereocenters. The summed E-state index contributed by atoms with van der Waals surface area (Å²) in [5.41, 5.74) is 9.48. The first kappa shape index (κ1) is 9.55. The highest BCUT2D eigenvalue weighted by Crippen LogP contribution is 2.19. The Morgan fingerprint density at radius 3 is 2.77 bits per heavy atom. The van der Waals surface area contributed by atoms with Crippen LogP contribution >= 0.6 is 0 Å². The van der Waals surface area contributed by atoms with E-state index in [-0.39, 0.29) is 11.9 Å². The summed E-state index contributed by atoms with van der Waals surface area (Å²) >= 11 is 0. The van der Waals surface area contributed by atoms with Gasteiger partial charge < -0.3 is 0 Å². The molecule has 68 valence electrons. The van der Waals surface area contributed by atoms with Crippen LogP contribution < -0.4 is 0 Å². The highest BCUT2D eigenvalue weighted by Gasteiger charge is 2.04. The topological polar surface area (TPSA) is 48.8 Å². The van der Waals surface area contributed by atoms with Gasteiger partial charge in [-0.15, -0.1) is 0 Å². The van der Waals surface area contributed by atoms with Crippen molar-refractivity contribution in [3.05, 3.63) is 45.6 Å². The molecule has 1 aromatic carbocycles. The van der Waals surface area contributed by atoms with Crippen LogP contribution in [0.1, 0.15) is 24.1 Å². The quantitative estimate of drug-likeness (QED) is 0.379. The summed E-state index contributed by atoms with van der Waals surface area (Å²) in [5, 5.41) is 3.48. The second kappa shape index (κ2) is 3.92. The van der Waals surface area contributed by atoms with Crippen LogP contribution in [-0.2, 0) is 0 Å². The van der Waals surface area contributed by atoms with Crippen molar-refractivity contribution in [1.29, 1.82) is 0 Å². The predicted octanol–water partition coefficient (Wildman–Crippen LogP) is 3.51. The van der Waals surface area contributed by atoms with E-state index in [0.29, 0.717) is 11.1 Å². The fraction of sp³-hybridized carbons (Fsp3) is 0.333. The van der Waals surface area contributed by atoms with Gasteiger partial charge >= 0.3 is 0 Å². The molecule has 0 amide bonds. The standard InChI is InChI=1S/C9H10FN3/c1-6-3-4-8(5-9(6)10)7(2)12-13-11/h3-5,7H,1-2H3/t7-/m1/s1. The number of aryl methyl sites for hydroxylation is 1. The number of hydrogen-bond donors (Lipinski definition) is 0. The molecule has 0 aliphatic carbocycles. The summed E-state index contributed by atoms with van der Waals surface area (Å²) in [7, 11) is 0. The molecule has 0 fully saturated rings. The van der Waals surface area contributed by atoms with E-state index in [0.717, 1.165) is 0 Å². The second-order valence-corrected chi connectivity index (χ2v) is 2.89. The van der Waals surface area contributed by atoms with Crippen molar-refractivity contribution < 1.29 is 4.39 Å². The van der Waals surface area contributed by atoms with Crippen LogP contribution in [-0.4, -0.2) is 0 Å². The smallest absolute Gasteiger partial charge is 0.126 e. The van der Waals surface area contributed by atoms with E-state index >= 15 is 0 Å². The minimum Gasteiger partial charge on any atom is -0.207 e. The lowest BCUT2D eigenvalue weighted by molar-refractivity contribution is 0.613. The van der Waals surface area contributed by atoms with Crippen LogP contribution in [0.15, 0.2) is 23.3 Å². The average Bonchev–Trinajstić information content (AvgIpc) is 2.10. The molecule has 1 aromatic rings. The van der Waals surface area contributed by atoms with Crippen molar-refractivity contribution in [2.45, 2.75) is 19.9 Å². The minimum atomic E-state index is -0.319. The van der Waals surface area contributed by atoms with Crippen molar-refractivity contribution >= 4 is 0 Å². The second-order valence-electron chi connectivity index (χ2n) is 2.89. The zero-order valence-electron chi connectivity index (χ0n) is 7.53. The minimum absolute atomic E-state index is 0.266. The van der Waals surface area contributed by atoms with Gasteiger partial charge in [-0.25, -0.2) is 4.39 Å². The number of rotatable bonds is 2. The first-order valence-corrected chi connectivity index (χ1v) is 3.95. The first-order valence-electron chi connectivity index (χ1n) is 3.95. The van der Waals surface area contributed by atoms with E-state index < -0.39 is 0 Å². The number of azide groups is 1. The number of benzene rings is 1. The monoisotopic (exact) mass is 179 g/mol. The van der Waals surface area contributed by atoms with E-state index in [2.05, 4.69) is 10.0 Å². The van der Waals surface area contributed by atoms with Crippen molar-refractivity contribution in [3.8, 4) is 0 Å². The van der Waals surface area contributed by atoms with Gasteiger partial charge in [0.25, 0.3) is 0 Å². The Balaban J connectivity index is 3.03. The van der Waals surface area contributed by atoms with Gasteiger partial charge in [0.2, 0.25) is 0 Å². The summed E-state index contributed by atoms with van der Waals surface area (Å²) in [6.45, 7) is 3.42. The molecule has 1 rings (SSSR count). The van der Waals surface area contributed by atoms with E-state index in [4.69, 9.17) is 5.53 Å². The maximum absolute atomic E-state index is 13.0. The molecule has 0 heterocycles. The third kappa shape index (κ3) is 2.20. The van der Waals surface area contributed by atoms with Gasteiger partial charge in [0, 0.05) is 4.91 Å². The lowest BCUT2D eigenvalue weighted by atomic mass is 10.1. The van der Waals surface area contributed by atoms with Gasteiger partial charge in [0.15, 0.2) is 0 Å². The van der Waals surface area contributed by atoms with Crippen LogP contribution in [0, 0.1) is 12.7 Å². The summed E-state index contributed by atoms with van der Waals surface area (Å²) in [5.74, 6) is -0.266. The molecule has 0 spiro atoms. The Labute approximate surface area is 75.8 Å². The van der Waals surface area contributed by atoms with Gasteiger partial charge in [0.1, 0.15) is 5.82 Å². The fourth-order valence-electron chi connectivity index (χ4n) is 1.01. The molecule has 0 N–H and O–H groups in total.